The number of nitrogens with two attached hydrogens (primary N) is 1. The van der Waals surface area contributed by atoms with E-state index in [1.54, 1.807) is 0 Å². The van der Waals surface area contributed by atoms with E-state index in [4.69, 9.17) is 24.3 Å². The molecule has 9 heteroatoms. The van der Waals surface area contributed by atoms with Crippen molar-refractivity contribution in [3.05, 3.63) is 85.1 Å². The van der Waals surface area contributed by atoms with Crippen molar-refractivity contribution in [1.29, 1.82) is 0 Å². The van der Waals surface area contributed by atoms with Gasteiger partial charge in [-0.1, -0.05) is 170 Å². The molecule has 0 bridgehead atoms. The normalized spacial score (nSPS) is 14.2. The van der Waals surface area contributed by atoms with Crippen LogP contribution in [0.3, 0.4) is 0 Å². The Morgan fingerprint density at radius 1 is 0.534 bits per heavy atom. The summed E-state index contributed by atoms with van der Waals surface area (Å²) in [7, 11) is -4.29. The fraction of sp³-hybridized carbons (Fsp3) is 0.694. The van der Waals surface area contributed by atoms with Crippen molar-refractivity contribution in [2.45, 2.75) is 187 Å². The molecule has 2 unspecified atom stereocenters. The summed E-state index contributed by atoms with van der Waals surface area (Å²) < 4.78 is 33.5. The number of allylic oxidation sites excluding steroid dienone is 14. The highest BCUT2D eigenvalue weighted by Gasteiger charge is 2.25. The molecule has 0 spiro atoms. The van der Waals surface area contributed by atoms with Crippen LogP contribution in [0.15, 0.2) is 85.1 Å². The van der Waals surface area contributed by atoms with Gasteiger partial charge in [-0.2, -0.15) is 0 Å². The first-order valence-electron chi connectivity index (χ1n) is 23.1. The lowest BCUT2D eigenvalue weighted by atomic mass is 10.1. The van der Waals surface area contributed by atoms with E-state index >= 15 is 0 Å². The topological polar surface area (TPSA) is 117 Å². The maximum Gasteiger partial charge on any atom is 0.472 e. The number of rotatable bonds is 43. The SMILES string of the molecule is CC/C=C\C/C=C\C/C=C\C/C=C\C/C=C\C/C=C\CCCCCCC(=O)OC(COCCCCCCCC/C=C\CCCCCCCC)COP(=O)(O)OCCN. The van der Waals surface area contributed by atoms with E-state index in [0.717, 1.165) is 83.5 Å². The smallest absolute Gasteiger partial charge is 0.457 e. The van der Waals surface area contributed by atoms with E-state index in [2.05, 4.69) is 98.9 Å². The predicted molar refractivity (Wildman–Crippen MR) is 247 cm³/mol. The number of unbranched alkanes of at least 4 members (excludes halogenated alkanes) is 16. The molecule has 58 heavy (non-hydrogen) atoms. The summed E-state index contributed by atoms with van der Waals surface area (Å²) in [4.78, 5) is 22.5. The highest BCUT2D eigenvalue weighted by atomic mass is 31.2. The molecule has 0 saturated carbocycles. The van der Waals surface area contributed by atoms with Gasteiger partial charge in [-0.3, -0.25) is 13.8 Å². The second kappa shape index (κ2) is 45.8. The molecule has 0 aliphatic heterocycles. The molecule has 0 aliphatic rings. The maximum absolute atomic E-state index is 12.6. The Hall–Kier alpha value is -2.32. The third kappa shape index (κ3) is 44.8. The second-order valence-electron chi connectivity index (χ2n) is 14.9. The second-order valence-corrected chi connectivity index (χ2v) is 16.3. The van der Waals surface area contributed by atoms with E-state index in [1.807, 2.05) is 0 Å². The third-order valence-corrected chi connectivity index (χ3v) is 10.3. The van der Waals surface area contributed by atoms with Gasteiger partial charge in [0.2, 0.25) is 0 Å². The van der Waals surface area contributed by atoms with Crippen LogP contribution >= 0.6 is 7.82 Å². The molecule has 0 fully saturated rings. The van der Waals surface area contributed by atoms with Gasteiger partial charge in [0, 0.05) is 19.6 Å². The minimum Gasteiger partial charge on any atom is -0.457 e. The number of carbonyl (C=O) groups is 1. The third-order valence-electron chi connectivity index (χ3n) is 9.30. The summed E-state index contributed by atoms with van der Waals surface area (Å²) in [5.41, 5.74) is 5.37. The minimum atomic E-state index is -4.29. The summed E-state index contributed by atoms with van der Waals surface area (Å²) in [6.45, 7) is 4.74. The molecule has 0 aromatic rings. The Morgan fingerprint density at radius 3 is 1.47 bits per heavy atom. The average Bonchev–Trinajstić information content (AvgIpc) is 3.21. The molecule has 0 rings (SSSR count). The number of hydrogen-bond acceptors (Lipinski definition) is 7. The van der Waals surface area contributed by atoms with Crippen LogP contribution in [-0.2, 0) is 27.9 Å². The average molecular weight is 832 g/mol. The van der Waals surface area contributed by atoms with Crippen molar-refractivity contribution in [2.75, 3.05) is 33.0 Å². The highest BCUT2D eigenvalue weighted by molar-refractivity contribution is 7.47. The number of ether oxygens (including phenoxy) is 2. The lowest BCUT2D eigenvalue weighted by molar-refractivity contribution is -0.154. The zero-order valence-corrected chi connectivity index (χ0v) is 37.9. The number of carbonyl (C=O) groups excluding carboxylic acids is 1. The van der Waals surface area contributed by atoms with Crippen molar-refractivity contribution in [2.24, 2.45) is 5.73 Å². The number of hydrogen-bond donors (Lipinski definition) is 2. The standard InChI is InChI=1S/C49H86NO7P/c1-3-5-7-9-11-13-15-17-19-21-22-23-24-25-26-27-28-30-32-34-36-38-40-42-49(51)57-48(47-56-58(52,53)55-45-43-50)46-54-44-41-39-37-35-33-31-29-20-18-16-14-12-10-8-6-4-2/h5,7,11,13,17-20,22-23,25-26,28,30,48H,3-4,6,8-10,12,14-16,21,24,27,29,31-47,50H2,1-2H3,(H,52,53)/b7-5-,13-11-,19-17-,20-18-,23-22-,26-25-,30-28-. The van der Waals surface area contributed by atoms with Crippen LogP contribution in [0, 0.1) is 0 Å². The molecule has 334 valence electrons. The quantitative estimate of drug-likeness (QED) is 0.0270. The van der Waals surface area contributed by atoms with Crippen molar-refractivity contribution >= 4 is 13.8 Å². The Kier molecular flexibility index (Phi) is 43.9. The molecule has 0 aliphatic carbocycles. The molecule has 3 N–H and O–H groups in total. The molecule has 8 nitrogen and oxygen atoms in total. The van der Waals surface area contributed by atoms with E-state index < -0.39 is 13.9 Å². The van der Waals surface area contributed by atoms with E-state index in [0.29, 0.717) is 6.61 Å². The van der Waals surface area contributed by atoms with Gasteiger partial charge in [-0.15, -0.1) is 0 Å². The van der Waals surface area contributed by atoms with E-state index in [-0.39, 0.29) is 38.8 Å². The summed E-state index contributed by atoms with van der Waals surface area (Å²) in [5.74, 6) is -0.359. The van der Waals surface area contributed by atoms with Crippen LogP contribution in [0.5, 0.6) is 0 Å². The largest absolute Gasteiger partial charge is 0.472 e. The molecule has 0 amide bonds. The zero-order chi connectivity index (χ0) is 42.3. The van der Waals surface area contributed by atoms with E-state index in [1.165, 1.54) is 77.0 Å². The highest BCUT2D eigenvalue weighted by Crippen LogP contribution is 2.43. The van der Waals surface area contributed by atoms with Crippen LogP contribution in [0.25, 0.3) is 0 Å². The fourth-order valence-electron chi connectivity index (χ4n) is 5.93. The van der Waals surface area contributed by atoms with Gasteiger partial charge in [0.05, 0.1) is 19.8 Å². The first kappa shape index (κ1) is 55.7. The molecule has 0 heterocycles. The Labute approximate surface area is 356 Å². The van der Waals surface area contributed by atoms with Gasteiger partial charge >= 0.3 is 13.8 Å². The zero-order valence-electron chi connectivity index (χ0n) is 37.0. The van der Waals surface area contributed by atoms with Gasteiger partial charge in [0.15, 0.2) is 0 Å². The van der Waals surface area contributed by atoms with Crippen molar-refractivity contribution in [3.8, 4) is 0 Å². The first-order chi connectivity index (χ1) is 28.4. The monoisotopic (exact) mass is 832 g/mol. The van der Waals surface area contributed by atoms with Crippen molar-refractivity contribution in [3.63, 3.8) is 0 Å². The van der Waals surface area contributed by atoms with Crippen LogP contribution < -0.4 is 5.73 Å². The summed E-state index contributed by atoms with van der Waals surface area (Å²) in [6, 6.07) is 0. The summed E-state index contributed by atoms with van der Waals surface area (Å²) in [6.07, 6.45) is 58.9. The van der Waals surface area contributed by atoms with Crippen molar-refractivity contribution in [1.82, 2.24) is 0 Å². The van der Waals surface area contributed by atoms with Gasteiger partial charge in [-0.25, -0.2) is 4.57 Å². The van der Waals surface area contributed by atoms with Gasteiger partial charge in [-0.05, 0) is 89.9 Å². The maximum atomic E-state index is 12.6. The van der Waals surface area contributed by atoms with Gasteiger partial charge in [0.1, 0.15) is 6.10 Å². The summed E-state index contributed by atoms with van der Waals surface area (Å²) in [5, 5.41) is 0. The number of phosphoric acid groups is 1. The van der Waals surface area contributed by atoms with Crippen LogP contribution in [0.1, 0.15) is 181 Å². The first-order valence-corrected chi connectivity index (χ1v) is 24.6. The molecule has 0 saturated heterocycles. The summed E-state index contributed by atoms with van der Waals surface area (Å²) >= 11 is 0. The Bertz CT molecular complexity index is 1160. The van der Waals surface area contributed by atoms with Crippen LogP contribution in [-0.4, -0.2) is 49.9 Å². The molecule has 0 aromatic carbocycles. The fourth-order valence-corrected chi connectivity index (χ4v) is 6.70. The van der Waals surface area contributed by atoms with Gasteiger partial charge < -0.3 is 20.1 Å². The van der Waals surface area contributed by atoms with Gasteiger partial charge in [0.25, 0.3) is 0 Å². The van der Waals surface area contributed by atoms with Crippen LogP contribution in [0.2, 0.25) is 0 Å². The number of esters is 1. The molecule has 0 radical (unpaired) electrons. The van der Waals surface area contributed by atoms with E-state index in [9.17, 15) is 14.3 Å². The molecule has 2 atom stereocenters. The predicted octanol–water partition coefficient (Wildman–Crippen LogP) is 14.1. The van der Waals surface area contributed by atoms with Crippen molar-refractivity contribution < 1.29 is 32.8 Å². The Balaban J connectivity index is 4.10. The molecule has 0 aromatic heterocycles. The van der Waals surface area contributed by atoms with Crippen LogP contribution in [0.4, 0.5) is 0 Å². The molecular formula is C49H86NO7P. The lowest BCUT2D eigenvalue weighted by Crippen LogP contribution is -2.28. The molecular weight excluding hydrogens is 746 g/mol. The minimum absolute atomic E-state index is 0.0905. The number of phosphoric ester groups is 1. The Morgan fingerprint density at radius 2 is 0.966 bits per heavy atom. The lowest BCUT2D eigenvalue weighted by Gasteiger charge is -2.20.